The molecule has 122 valence electrons. The van der Waals surface area contributed by atoms with E-state index in [1.54, 1.807) is 0 Å². The first-order chi connectivity index (χ1) is 11.7. The maximum absolute atomic E-state index is 13.3. The number of ether oxygens (including phenoxy) is 2. The lowest BCUT2D eigenvalue weighted by Crippen LogP contribution is -2.09. The fraction of sp³-hybridized carbons (Fsp3) is 0.150. The minimum Gasteiger partial charge on any atom is -0.496 e. The van der Waals surface area contributed by atoms with Crippen LogP contribution in [-0.2, 0) is 22.6 Å². The first kappa shape index (κ1) is 16.0. The van der Waals surface area contributed by atoms with Gasteiger partial charge < -0.3 is 9.47 Å². The highest BCUT2D eigenvalue weighted by Gasteiger charge is 2.11. The Morgan fingerprint density at radius 1 is 1.00 bits per heavy atom. The molecule has 0 saturated heterocycles. The number of carbonyl (C=O) groups is 1. The maximum atomic E-state index is 13.3. The first-order valence-electron chi connectivity index (χ1n) is 7.62. The average Bonchev–Trinajstić information content (AvgIpc) is 2.60. The Labute approximate surface area is 139 Å². The molecule has 0 amide bonds. The van der Waals surface area contributed by atoms with Crippen molar-refractivity contribution in [3.05, 3.63) is 77.6 Å². The summed E-state index contributed by atoms with van der Waals surface area (Å²) in [6.07, 6.45) is 0.166. The van der Waals surface area contributed by atoms with E-state index in [0.717, 1.165) is 16.3 Å². The van der Waals surface area contributed by atoms with E-state index in [-0.39, 0.29) is 19.0 Å². The molecule has 0 atom stereocenters. The minimum absolute atomic E-state index is 0.0233. The standard InChI is InChI=1S/C20H17FO3/c1-23-19-10-9-17(21)11-16(19)13-24-20(22)12-15-7-4-6-14-5-2-3-8-18(14)15/h2-11H,12-13H2,1H3. The molecule has 0 aliphatic carbocycles. The van der Waals surface area contributed by atoms with Gasteiger partial charge in [-0.3, -0.25) is 4.79 Å². The van der Waals surface area contributed by atoms with Crippen molar-refractivity contribution < 1.29 is 18.7 Å². The van der Waals surface area contributed by atoms with Crippen LogP contribution in [0.5, 0.6) is 5.75 Å². The molecule has 3 rings (SSSR count). The van der Waals surface area contributed by atoms with Crippen LogP contribution in [0.3, 0.4) is 0 Å². The zero-order chi connectivity index (χ0) is 16.9. The summed E-state index contributed by atoms with van der Waals surface area (Å²) >= 11 is 0. The molecule has 3 nitrogen and oxygen atoms in total. The van der Waals surface area contributed by atoms with Gasteiger partial charge >= 0.3 is 5.97 Å². The Balaban J connectivity index is 1.71. The molecular weight excluding hydrogens is 307 g/mol. The molecule has 4 heteroatoms. The number of carbonyl (C=O) groups excluding carboxylic acids is 1. The molecule has 0 aromatic heterocycles. The van der Waals surface area contributed by atoms with Gasteiger partial charge in [-0.15, -0.1) is 0 Å². The third-order valence-corrected chi connectivity index (χ3v) is 3.85. The molecule has 0 aliphatic heterocycles. The van der Waals surface area contributed by atoms with Crippen LogP contribution in [0.4, 0.5) is 4.39 Å². The van der Waals surface area contributed by atoms with Gasteiger partial charge in [0.1, 0.15) is 18.2 Å². The quantitative estimate of drug-likeness (QED) is 0.657. The summed E-state index contributed by atoms with van der Waals surface area (Å²) in [5.74, 6) is -0.261. The molecule has 0 unspecified atom stereocenters. The molecular formula is C20H17FO3. The Morgan fingerprint density at radius 2 is 1.79 bits per heavy atom. The van der Waals surface area contributed by atoms with Gasteiger partial charge in [-0.25, -0.2) is 4.39 Å². The van der Waals surface area contributed by atoms with Gasteiger partial charge in [0.25, 0.3) is 0 Å². The van der Waals surface area contributed by atoms with Crippen LogP contribution in [0, 0.1) is 5.82 Å². The van der Waals surface area contributed by atoms with Crippen molar-refractivity contribution in [2.45, 2.75) is 13.0 Å². The average molecular weight is 324 g/mol. The topological polar surface area (TPSA) is 35.5 Å². The lowest BCUT2D eigenvalue weighted by Gasteiger charge is -2.10. The van der Waals surface area contributed by atoms with Gasteiger partial charge in [0.2, 0.25) is 0 Å². The summed E-state index contributed by atoms with van der Waals surface area (Å²) in [4.78, 5) is 12.2. The summed E-state index contributed by atoms with van der Waals surface area (Å²) in [6.45, 7) is -0.0233. The number of methoxy groups -OCH3 is 1. The summed E-state index contributed by atoms with van der Waals surface area (Å²) in [5, 5.41) is 2.11. The molecule has 24 heavy (non-hydrogen) atoms. The van der Waals surface area contributed by atoms with Crippen molar-refractivity contribution in [1.82, 2.24) is 0 Å². The fourth-order valence-electron chi connectivity index (χ4n) is 2.67. The van der Waals surface area contributed by atoms with Crippen LogP contribution in [0.2, 0.25) is 0 Å². The van der Waals surface area contributed by atoms with Crippen molar-refractivity contribution in [2.75, 3.05) is 7.11 Å². The first-order valence-corrected chi connectivity index (χ1v) is 7.62. The SMILES string of the molecule is COc1ccc(F)cc1COC(=O)Cc1cccc2ccccc12. The third kappa shape index (κ3) is 3.54. The Morgan fingerprint density at radius 3 is 2.62 bits per heavy atom. The fourth-order valence-corrected chi connectivity index (χ4v) is 2.67. The molecule has 0 fully saturated rings. The molecule has 0 saturated carbocycles. The van der Waals surface area contributed by atoms with Crippen molar-refractivity contribution >= 4 is 16.7 Å². The van der Waals surface area contributed by atoms with E-state index >= 15 is 0 Å². The normalized spacial score (nSPS) is 10.6. The number of hydrogen-bond donors (Lipinski definition) is 0. The number of esters is 1. The van der Waals surface area contributed by atoms with Crippen molar-refractivity contribution in [2.24, 2.45) is 0 Å². The van der Waals surface area contributed by atoms with Crippen molar-refractivity contribution in [3.63, 3.8) is 0 Å². The largest absolute Gasteiger partial charge is 0.496 e. The lowest BCUT2D eigenvalue weighted by atomic mass is 10.0. The summed E-state index contributed by atoms with van der Waals surface area (Å²) in [6, 6.07) is 17.8. The van der Waals surface area contributed by atoms with Crippen LogP contribution >= 0.6 is 0 Å². The molecule has 0 aliphatic rings. The summed E-state index contributed by atoms with van der Waals surface area (Å²) < 4.78 is 23.8. The highest BCUT2D eigenvalue weighted by Crippen LogP contribution is 2.22. The Bertz CT molecular complexity index is 868. The number of hydrogen-bond acceptors (Lipinski definition) is 3. The predicted molar refractivity (Wildman–Crippen MR) is 90.4 cm³/mol. The van der Waals surface area contributed by atoms with E-state index in [1.165, 1.54) is 25.3 Å². The third-order valence-electron chi connectivity index (χ3n) is 3.85. The second kappa shape index (κ2) is 7.13. The number of benzene rings is 3. The molecule has 0 heterocycles. The molecule has 0 N–H and O–H groups in total. The highest BCUT2D eigenvalue weighted by atomic mass is 19.1. The monoisotopic (exact) mass is 324 g/mol. The molecule has 3 aromatic carbocycles. The number of fused-ring (bicyclic) bond motifs is 1. The van der Waals surface area contributed by atoms with Gasteiger partial charge in [0.15, 0.2) is 0 Å². The number of rotatable bonds is 5. The van der Waals surface area contributed by atoms with Crippen molar-refractivity contribution in [3.8, 4) is 5.75 Å². The van der Waals surface area contributed by atoms with Gasteiger partial charge in [-0.2, -0.15) is 0 Å². The Kier molecular flexibility index (Phi) is 4.75. The Hall–Kier alpha value is -2.88. The van der Waals surface area contributed by atoms with E-state index in [1.807, 2.05) is 42.5 Å². The second-order valence-corrected chi connectivity index (χ2v) is 5.43. The smallest absolute Gasteiger partial charge is 0.310 e. The zero-order valence-corrected chi connectivity index (χ0v) is 13.3. The molecule has 0 spiro atoms. The molecule has 0 bridgehead atoms. The van der Waals surface area contributed by atoms with Gasteiger partial charge in [0.05, 0.1) is 13.5 Å². The van der Waals surface area contributed by atoms with Gasteiger partial charge in [0, 0.05) is 5.56 Å². The number of halogens is 1. The van der Waals surface area contributed by atoms with Crippen LogP contribution < -0.4 is 4.74 Å². The van der Waals surface area contributed by atoms with E-state index in [0.29, 0.717) is 11.3 Å². The lowest BCUT2D eigenvalue weighted by molar-refractivity contribution is -0.144. The molecule has 0 radical (unpaired) electrons. The van der Waals surface area contributed by atoms with Crippen LogP contribution in [0.15, 0.2) is 60.7 Å². The highest BCUT2D eigenvalue weighted by molar-refractivity contribution is 5.88. The predicted octanol–water partition coefficient (Wildman–Crippen LogP) is 4.27. The molecule has 3 aromatic rings. The van der Waals surface area contributed by atoms with Crippen LogP contribution in [0.1, 0.15) is 11.1 Å². The minimum atomic E-state index is -0.393. The van der Waals surface area contributed by atoms with E-state index in [9.17, 15) is 9.18 Å². The van der Waals surface area contributed by atoms with E-state index in [4.69, 9.17) is 9.47 Å². The van der Waals surface area contributed by atoms with Gasteiger partial charge in [-0.05, 0) is 34.5 Å². The van der Waals surface area contributed by atoms with Crippen LogP contribution in [-0.4, -0.2) is 13.1 Å². The van der Waals surface area contributed by atoms with Crippen molar-refractivity contribution in [1.29, 1.82) is 0 Å². The van der Waals surface area contributed by atoms with Gasteiger partial charge in [-0.1, -0.05) is 42.5 Å². The zero-order valence-electron chi connectivity index (χ0n) is 13.3. The van der Waals surface area contributed by atoms with E-state index < -0.39 is 5.82 Å². The van der Waals surface area contributed by atoms with E-state index in [2.05, 4.69) is 0 Å². The summed E-state index contributed by atoms with van der Waals surface area (Å²) in [7, 11) is 1.49. The summed E-state index contributed by atoms with van der Waals surface area (Å²) in [5.41, 5.74) is 1.41. The maximum Gasteiger partial charge on any atom is 0.310 e. The van der Waals surface area contributed by atoms with Crippen LogP contribution in [0.25, 0.3) is 10.8 Å². The second-order valence-electron chi connectivity index (χ2n) is 5.43.